The summed E-state index contributed by atoms with van der Waals surface area (Å²) in [4.78, 5) is 15.3. The van der Waals surface area contributed by atoms with Crippen LogP contribution in [0.5, 0.6) is 11.6 Å². The first-order valence-electron chi connectivity index (χ1n) is 11.8. The maximum absolute atomic E-state index is 14.9. The predicted molar refractivity (Wildman–Crippen MR) is 133 cm³/mol. The van der Waals surface area contributed by atoms with E-state index < -0.39 is 52.9 Å². The second-order valence-corrected chi connectivity index (χ2v) is 8.98. The highest BCUT2D eigenvalue weighted by atomic mass is 19.4. The van der Waals surface area contributed by atoms with E-state index in [2.05, 4.69) is 21.8 Å². The highest BCUT2D eigenvalue weighted by Gasteiger charge is 2.61. The Labute approximate surface area is 220 Å². The highest BCUT2D eigenvalue weighted by molar-refractivity contribution is 5.66. The van der Waals surface area contributed by atoms with Crippen molar-refractivity contribution < 1.29 is 32.0 Å². The van der Waals surface area contributed by atoms with E-state index in [0.717, 1.165) is 0 Å². The van der Waals surface area contributed by atoms with Crippen molar-refractivity contribution in [3.8, 4) is 23.2 Å². The summed E-state index contributed by atoms with van der Waals surface area (Å²) >= 11 is 0. The van der Waals surface area contributed by atoms with Gasteiger partial charge in [0.15, 0.2) is 0 Å². The van der Waals surface area contributed by atoms with Gasteiger partial charge in [-0.2, -0.15) is 13.2 Å². The van der Waals surface area contributed by atoms with Gasteiger partial charge in [-0.05, 0) is 48.6 Å². The number of pyridine rings is 1. The third-order valence-corrected chi connectivity index (χ3v) is 6.34. The zero-order chi connectivity index (χ0) is 27.8. The normalized spacial score (nSPS) is 17.3. The molecule has 5 rings (SSSR count). The Balaban J connectivity index is 1.71. The van der Waals surface area contributed by atoms with Crippen LogP contribution in [0.3, 0.4) is 0 Å². The number of hydrogen-bond acceptors (Lipinski definition) is 8. The van der Waals surface area contributed by atoms with Gasteiger partial charge in [0.2, 0.25) is 17.2 Å². The molecule has 0 fully saturated rings. The number of halogens is 3. The quantitative estimate of drug-likeness (QED) is 0.203. The lowest BCUT2D eigenvalue weighted by Gasteiger charge is -2.33. The highest BCUT2D eigenvalue weighted by Crippen LogP contribution is 2.48. The van der Waals surface area contributed by atoms with E-state index in [1.807, 2.05) is 0 Å². The summed E-state index contributed by atoms with van der Waals surface area (Å²) < 4.78 is 61.8. The summed E-state index contributed by atoms with van der Waals surface area (Å²) in [5.74, 6) is -1.19. The summed E-state index contributed by atoms with van der Waals surface area (Å²) in [6.45, 7) is 5.12. The fraction of sp³-hybridized carbons (Fsp3) is 0.222. The molecule has 39 heavy (non-hydrogen) atoms. The van der Waals surface area contributed by atoms with E-state index in [0.29, 0.717) is 28.0 Å². The molecule has 1 aliphatic rings. The van der Waals surface area contributed by atoms with Gasteiger partial charge >= 0.3 is 11.9 Å². The van der Waals surface area contributed by atoms with E-state index in [-0.39, 0.29) is 12.3 Å². The zero-order valence-electron chi connectivity index (χ0n) is 20.6. The number of fused-ring (bicyclic) bond motifs is 7. The molecule has 0 N–H and O–H groups in total. The van der Waals surface area contributed by atoms with Crippen molar-refractivity contribution in [1.29, 1.82) is 0 Å². The van der Waals surface area contributed by atoms with E-state index in [4.69, 9.17) is 13.9 Å². The number of hydrogen-bond donors (Lipinski definition) is 0. The van der Waals surface area contributed by atoms with Crippen LogP contribution in [0, 0.1) is 17.0 Å². The van der Waals surface area contributed by atoms with Crippen molar-refractivity contribution in [2.45, 2.75) is 38.1 Å². The first-order chi connectivity index (χ1) is 18.6. The summed E-state index contributed by atoms with van der Waals surface area (Å²) in [5.41, 5.74) is -2.28. The summed E-state index contributed by atoms with van der Waals surface area (Å²) in [6, 6.07) is 16.1. The molecule has 9 nitrogen and oxygen atoms in total. The molecule has 12 heteroatoms. The van der Waals surface area contributed by atoms with Crippen LogP contribution in [-0.4, -0.2) is 26.3 Å². The number of aryl methyl sites for hydroxylation is 1. The molecule has 0 radical (unpaired) electrons. The van der Waals surface area contributed by atoms with Crippen LogP contribution < -0.4 is 4.74 Å². The van der Waals surface area contributed by atoms with Gasteiger partial charge in [0.1, 0.15) is 5.75 Å². The van der Waals surface area contributed by atoms with E-state index in [1.165, 1.54) is 6.07 Å². The Hall–Kier alpha value is -4.58. The Morgan fingerprint density at radius 1 is 1.13 bits per heavy atom. The third-order valence-electron chi connectivity index (χ3n) is 6.34. The Morgan fingerprint density at radius 3 is 2.62 bits per heavy atom. The Kier molecular flexibility index (Phi) is 6.64. The number of rotatable bonds is 4. The first-order valence-corrected chi connectivity index (χ1v) is 11.8. The summed E-state index contributed by atoms with van der Waals surface area (Å²) in [7, 11) is 0. The molecule has 6 bridgehead atoms. The minimum absolute atomic E-state index is 0.0161. The molecule has 0 aliphatic carbocycles. The molecule has 3 heterocycles. The second-order valence-electron chi connectivity index (χ2n) is 8.98. The fourth-order valence-electron chi connectivity index (χ4n) is 4.19. The SMILES string of the molecule is C=C1CCC(OCc2ccccc2)(C(F)(F)F)c2nnc(o2)-c2nc(c(C)cc2[N+](=O)[O-])Oc2cccc1c2. The van der Waals surface area contributed by atoms with Gasteiger partial charge in [-0.25, -0.2) is 4.98 Å². The minimum atomic E-state index is -5.01. The van der Waals surface area contributed by atoms with Crippen molar-refractivity contribution in [3.63, 3.8) is 0 Å². The largest absolute Gasteiger partial charge is 0.439 e. The van der Waals surface area contributed by atoms with Gasteiger partial charge in [-0.1, -0.05) is 49.0 Å². The van der Waals surface area contributed by atoms with Gasteiger partial charge in [0, 0.05) is 11.6 Å². The molecule has 1 unspecified atom stereocenters. The van der Waals surface area contributed by atoms with Crippen LogP contribution in [0.25, 0.3) is 17.2 Å². The van der Waals surface area contributed by atoms with Crippen LogP contribution >= 0.6 is 0 Å². The predicted octanol–water partition coefficient (Wildman–Crippen LogP) is 6.92. The Morgan fingerprint density at radius 2 is 1.90 bits per heavy atom. The molecule has 200 valence electrons. The molecule has 2 aromatic carbocycles. The maximum atomic E-state index is 14.9. The van der Waals surface area contributed by atoms with Gasteiger partial charge in [0.25, 0.3) is 11.8 Å². The standard InChI is InChI=1S/C27H21F3N4O5/c1-16-11-12-26(27(28,29)30,37-15-18-7-4-3-5-8-18)25-33-32-24(39-25)22-21(34(35)36)13-17(2)23(31-22)38-20-10-6-9-19(16)14-20/h3-10,13-14H,1,11-12,15H2,2H3. The van der Waals surface area contributed by atoms with Crippen LogP contribution in [0.15, 0.2) is 71.7 Å². The molecule has 4 aromatic rings. The van der Waals surface area contributed by atoms with Crippen molar-refractivity contribution in [3.05, 3.63) is 99.9 Å². The summed E-state index contributed by atoms with van der Waals surface area (Å²) in [6.07, 6.45) is -5.81. The lowest BCUT2D eigenvalue weighted by Crippen LogP contribution is -2.45. The number of aromatic nitrogens is 3. The van der Waals surface area contributed by atoms with E-state index in [9.17, 15) is 23.3 Å². The second kappa shape index (κ2) is 9.95. The van der Waals surface area contributed by atoms with Crippen molar-refractivity contribution in [2.24, 2.45) is 0 Å². The molecule has 2 aromatic heterocycles. The molecule has 0 spiro atoms. The molecule has 0 amide bonds. The van der Waals surface area contributed by atoms with Crippen LogP contribution in [0.4, 0.5) is 18.9 Å². The number of ether oxygens (including phenoxy) is 2. The lowest BCUT2D eigenvalue weighted by atomic mass is 9.91. The molecule has 0 saturated heterocycles. The van der Waals surface area contributed by atoms with Gasteiger partial charge in [0.05, 0.1) is 11.5 Å². The smallest absolute Gasteiger partial charge is 0.426 e. The van der Waals surface area contributed by atoms with Crippen LogP contribution in [0.2, 0.25) is 0 Å². The topological polar surface area (TPSA) is 113 Å². The molecule has 0 saturated carbocycles. The van der Waals surface area contributed by atoms with Crippen LogP contribution in [0.1, 0.15) is 35.4 Å². The zero-order valence-corrected chi connectivity index (χ0v) is 20.6. The average molecular weight is 538 g/mol. The first kappa shape index (κ1) is 26.0. The summed E-state index contributed by atoms with van der Waals surface area (Å²) in [5, 5.41) is 19.2. The maximum Gasteiger partial charge on any atom is 0.426 e. The fourth-order valence-corrected chi connectivity index (χ4v) is 4.19. The van der Waals surface area contributed by atoms with Gasteiger partial charge in [-0.3, -0.25) is 10.1 Å². The molecular weight excluding hydrogens is 517 g/mol. The third kappa shape index (κ3) is 4.98. The van der Waals surface area contributed by atoms with E-state index >= 15 is 0 Å². The number of nitro groups is 1. The van der Waals surface area contributed by atoms with Crippen LogP contribution in [-0.2, 0) is 16.9 Å². The number of benzene rings is 2. The minimum Gasteiger partial charge on any atom is -0.439 e. The van der Waals surface area contributed by atoms with E-state index in [1.54, 1.807) is 61.5 Å². The van der Waals surface area contributed by atoms with Gasteiger partial charge in [-0.15, -0.1) is 10.2 Å². The number of nitrogens with zero attached hydrogens (tertiary/aromatic N) is 4. The molecular formula is C27H21F3N4O5. The average Bonchev–Trinajstić information content (AvgIpc) is 3.39. The molecule has 1 atom stereocenters. The monoisotopic (exact) mass is 538 g/mol. The Bertz CT molecular complexity index is 1550. The number of alkyl halides is 3. The van der Waals surface area contributed by atoms with Crippen molar-refractivity contribution in [1.82, 2.24) is 15.2 Å². The van der Waals surface area contributed by atoms with Crippen molar-refractivity contribution >= 4 is 11.3 Å². The van der Waals surface area contributed by atoms with Crippen molar-refractivity contribution in [2.75, 3.05) is 0 Å². The number of allylic oxidation sites excluding steroid dienone is 1. The van der Waals surface area contributed by atoms with Gasteiger partial charge < -0.3 is 13.9 Å². The lowest BCUT2D eigenvalue weighted by molar-refractivity contribution is -0.384. The molecule has 1 aliphatic heterocycles.